The number of nitrogens with zero attached hydrogens (tertiary/aromatic N) is 1. The lowest BCUT2D eigenvalue weighted by atomic mass is 10.0. The van der Waals surface area contributed by atoms with E-state index < -0.39 is 0 Å². The van der Waals surface area contributed by atoms with Gasteiger partial charge in [0, 0.05) is 30.3 Å². The number of nitrogens with one attached hydrogen (secondary N) is 2. The van der Waals surface area contributed by atoms with Crippen LogP contribution in [-0.4, -0.2) is 42.4 Å². The van der Waals surface area contributed by atoms with Gasteiger partial charge >= 0.3 is 0 Å². The van der Waals surface area contributed by atoms with Crippen molar-refractivity contribution in [1.29, 1.82) is 0 Å². The molecule has 2 saturated heterocycles. The molecule has 5 nitrogen and oxygen atoms in total. The molecule has 2 heterocycles. The van der Waals surface area contributed by atoms with Crippen LogP contribution in [0.15, 0.2) is 18.2 Å². The van der Waals surface area contributed by atoms with Crippen molar-refractivity contribution in [3.8, 4) is 0 Å². The summed E-state index contributed by atoms with van der Waals surface area (Å²) in [6, 6.07) is 5.92. The van der Waals surface area contributed by atoms with E-state index in [9.17, 15) is 9.59 Å². The first kappa shape index (κ1) is 21.7. The molecule has 2 aliphatic heterocycles. The van der Waals surface area contributed by atoms with Gasteiger partial charge in [-0.15, -0.1) is 12.4 Å². The zero-order chi connectivity index (χ0) is 18.5. The normalized spacial score (nSPS) is 22.2. The molecule has 0 spiro atoms. The van der Waals surface area contributed by atoms with Crippen LogP contribution in [0.2, 0.25) is 0 Å². The molecule has 2 atom stereocenters. The molecule has 150 valence electrons. The molecule has 27 heavy (non-hydrogen) atoms. The van der Waals surface area contributed by atoms with Gasteiger partial charge in [-0.2, -0.15) is 0 Å². The molecular weight excluding hydrogens is 362 g/mol. The Bertz CT molecular complexity index is 659. The Kier molecular flexibility index (Phi) is 8.11. The molecule has 0 bridgehead atoms. The van der Waals surface area contributed by atoms with Gasteiger partial charge in [0.25, 0.3) is 5.91 Å². The topological polar surface area (TPSA) is 61.4 Å². The van der Waals surface area contributed by atoms with Crippen LogP contribution in [0.4, 0.5) is 5.69 Å². The van der Waals surface area contributed by atoms with Crippen molar-refractivity contribution >= 4 is 29.9 Å². The van der Waals surface area contributed by atoms with Crippen molar-refractivity contribution < 1.29 is 9.59 Å². The maximum Gasteiger partial charge on any atom is 0.254 e. The summed E-state index contributed by atoms with van der Waals surface area (Å²) < 4.78 is 0. The SMILES string of the molecule is Cc1cc(C(=O)N2CCCCC2C)ccc1NC(=O)CCC1CCNC1.Cl. The number of benzene rings is 1. The highest BCUT2D eigenvalue weighted by Crippen LogP contribution is 2.23. The molecule has 2 unspecified atom stereocenters. The number of carbonyl (C=O) groups excluding carboxylic acids is 2. The summed E-state index contributed by atoms with van der Waals surface area (Å²) in [7, 11) is 0. The van der Waals surface area contributed by atoms with E-state index >= 15 is 0 Å². The first-order valence-electron chi connectivity index (χ1n) is 9.97. The van der Waals surface area contributed by atoms with Gasteiger partial charge in [-0.3, -0.25) is 9.59 Å². The third kappa shape index (κ3) is 5.69. The summed E-state index contributed by atoms with van der Waals surface area (Å²) in [6.45, 7) is 7.01. The Labute approximate surface area is 168 Å². The second-order valence-electron chi connectivity index (χ2n) is 7.82. The van der Waals surface area contributed by atoms with E-state index in [1.807, 2.05) is 30.0 Å². The van der Waals surface area contributed by atoms with E-state index in [1.54, 1.807) is 0 Å². The molecule has 6 heteroatoms. The van der Waals surface area contributed by atoms with Gasteiger partial charge in [0.15, 0.2) is 0 Å². The standard InChI is InChI=1S/C21H31N3O2.ClH/c1-15-13-18(21(26)24-12-4-3-5-16(24)2)7-8-19(15)23-20(25)9-6-17-10-11-22-14-17;/h7-8,13,16-17,22H,3-6,9-12,14H2,1-2H3,(H,23,25);1H. The van der Waals surface area contributed by atoms with Crippen molar-refractivity contribution in [2.75, 3.05) is 25.0 Å². The van der Waals surface area contributed by atoms with Crippen LogP contribution in [0.1, 0.15) is 61.4 Å². The highest BCUT2D eigenvalue weighted by Gasteiger charge is 2.24. The minimum Gasteiger partial charge on any atom is -0.336 e. The van der Waals surface area contributed by atoms with Crippen LogP contribution < -0.4 is 10.6 Å². The van der Waals surface area contributed by atoms with Gasteiger partial charge in [0.2, 0.25) is 5.91 Å². The van der Waals surface area contributed by atoms with Crippen LogP contribution >= 0.6 is 12.4 Å². The lowest BCUT2D eigenvalue weighted by molar-refractivity contribution is -0.116. The fraction of sp³-hybridized carbons (Fsp3) is 0.619. The Hall–Kier alpha value is -1.59. The second kappa shape index (κ2) is 10.1. The molecule has 2 N–H and O–H groups in total. The second-order valence-corrected chi connectivity index (χ2v) is 7.82. The average Bonchev–Trinajstić information content (AvgIpc) is 3.15. The van der Waals surface area contributed by atoms with E-state index in [-0.39, 0.29) is 24.2 Å². The third-order valence-electron chi connectivity index (χ3n) is 5.75. The minimum absolute atomic E-state index is 0. The molecule has 2 aliphatic rings. The predicted octanol–water partition coefficient (Wildman–Crippen LogP) is 3.76. The molecule has 2 amide bonds. The summed E-state index contributed by atoms with van der Waals surface area (Å²) >= 11 is 0. The van der Waals surface area contributed by atoms with Crippen LogP contribution in [0.25, 0.3) is 0 Å². The molecule has 0 radical (unpaired) electrons. The number of amides is 2. The molecule has 0 saturated carbocycles. The molecule has 0 aliphatic carbocycles. The number of piperidine rings is 1. The van der Waals surface area contributed by atoms with Gasteiger partial charge in [0.1, 0.15) is 0 Å². The van der Waals surface area contributed by atoms with Crippen molar-refractivity contribution in [3.63, 3.8) is 0 Å². The average molecular weight is 394 g/mol. The Morgan fingerprint density at radius 1 is 1.26 bits per heavy atom. The number of aryl methyl sites for hydroxylation is 1. The van der Waals surface area contributed by atoms with Gasteiger partial charge < -0.3 is 15.5 Å². The van der Waals surface area contributed by atoms with Crippen LogP contribution in [0.5, 0.6) is 0 Å². The molecule has 1 aromatic rings. The van der Waals surface area contributed by atoms with Gasteiger partial charge in [-0.1, -0.05) is 0 Å². The van der Waals surface area contributed by atoms with E-state index in [0.29, 0.717) is 23.9 Å². The summed E-state index contributed by atoms with van der Waals surface area (Å²) in [5.74, 6) is 0.781. The van der Waals surface area contributed by atoms with Crippen LogP contribution in [0, 0.1) is 12.8 Å². The number of carbonyl (C=O) groups is 2. The Balaban J connectivity index is 0.00000261. The monoisotopic (exact) mass is 393 g/mol. The molecule has 1 aromatic carbocycles. The highest BCUT2D eigenvalue weighted by atomic mass is 35.5. The van der Waals surface area contributed by atoms with Crippen LogP contribution in [-0.2, 0) is 4.79 Å². The summed E-state index contributed by atoms with van der Waals surface area (Å²) in [5.41, 5.74) is 2.46. The lowest BCUT2D eigenvalue weighted by Gasteiger charge is -2.33. The third-order valence-corrected chi connectivity index (χ3v) is 5.75. The van der Waals surface area contributed by atoms with Crippen molar-refractivity contribution in [2.24, 2.45) is 5.92 Å². The largest absolute Gasteiger partial charge is 0.336 e. The van der Waals surface area contributed by atoms with E-state index in [2.05, 4.69) is 17.6 Å². The predicted molar refractivity (Wildman–Crippen MR) is 112 cm³/mol. The van der Waals surface area contributed by atoms with Gasteiger partial charge in [-0.05, 0) is 88.7 Å². The number of hydrogen-bond acceptors (Lipinski definition) is 3. The molecule has 0 aromatic heterocycles. The van der Waals surface area contributed by atoms with Gasteiger partial charge in [-0.25, -0.2) is 0 Å². The zero-order valence-corrected chi connectivity index (χ0v) is 17.2. The fourth-order valence-corrected chi connectivity index (χ4v) is 4.01. The molecule has 2 fully saturated rings. The smallest absolute Gasteiger partial charge is 0.254 e. The molecule has 3 rings (SSSR count). The summed E-state index contributed by atoms with van der Waals surface area (Å²) in [4.78, 5) is 27.0. The number of likely N-dealkylation sites (tertiary alicyclic amines) is 1. The quantitative estimate of drug-likeness (QED) is 0.800. The summed E-state index contributed by atoms with van der Waals surface area (Å²) in [6.07, 6.45) is 6.01. The first-order chi connectivity index (χ1) is 12.5. The fourth-order valence-electron chi connectivity index (χ4n) is 4.01. The number of anilines is 1. The Morgan fingerprint density at radius 3 is 2.74 bits per heavy atom. The lowest BCUT2D eigenvalue weighted by Crippen LogP contribution is -2.42. The number of halogens is 1. The summed E-state index contributed by atoms with van der Waals surface area (Å²) in [5, 5.41) is 6.34. The van der Waals surface area contributed by atoms with E-state index in [1.165, 1.54) is 6.42 Å². The first-order valence-corrected chi connectivity index (χ1v) is 9.97. The number of rotatable bonds is 5. The maximum absolute atomic E-state index is 12.8. The van der Waals surface area contributed by atoms with E-state index in [0.717, 1.165) is 56.6 Å². The van der Waals surface area contributed by atoms with E-state index in [4.69, 9.17) is 0 Å². The van der Waals surface area contributed by atoms with Crippen molar-refractivity contribution in [2.45, 2.75) is 58.4 Å². The highest BCUT2D eigenvalue weighted by molar-refractivity contribution is 5.96. The minimum atomic E-state index is 0. The number of hydrogen-bond donors (Lipinski definition) is 2. The maximum atomic E-state index is 12.8. The van der Waals surface area contributed by atoms with Crippen LogP contribution in [0.3, 0.4) is 0 Å². The zero-order valence-electron chi connectivity index (χ0n) is 16.4. The molecular formula is C21H32ClN3O2. The van der Waals surface area contributed by atoms with Gasteiger partial charge in [0.05, 0.1) is 0 Å². The van der Waals surface area contributed by atoms with Crippen molar-refractivity contribution in [3.05, 3.63) is 29.3 Å². The van der Waals surface area contributed by atoms with Crippen molar-refractivity contribution in [1.82, 2.24) is 10.2 Å². The Morgan fingerprint density at radius 2 is 2.07 bits per heavy atom.